The molecule has 1 N–H and O–H groups in total. The molecule has 4 rings (SSSR count). The number of nitrogens with zero attached hydrogens (tertiary/aromatic N) is 4. The molecule has 6 heteroatoms. The van der Waals surface area contributed by atoms with Gasteiger partial charge in [-0.25, -0.2) is 4.98 Å². The molecule has 1 atom stereocenters. The van der Waals surface area contributed by atoms with E-state index in [1.807, 2.05) is 65.0 Å². The minimum absolute atomic E-state index is 0.0462. The molecule has 0 bridgehead atoms. The number of aliphatic hydroxyl groups excluding tert-OH is 1. The van der Waals surface area contributed by atoms with E-state index in [0.717, 1.165) is 41.9 Å². The van der Waals surface area contributed by atoms with Crippen molar-refractivity contribution in [2.24, 2.45) is 0 Å². The Bertz CT molecular complexity index is 980. The summed E-state index contributed by atoms with van der Waals surface area (Å²) in [5.41, 5.74) is 3.52. The maximum absolute atomic E-state index is 12.8. The Morgan fingerprint density at radius 2 is 1.96 bits per heavy atom. The number of aromatic nitrogens is 2. The number of carbonyl (C=O) groups excluding carboxylic acids is 1. The molecule has 0 aliphatic carbocycles. The number of rotatable bonds is 5. The number of aliphatic hydroxyl groups is 1. The minimum Gasteiger partial charge on any atom is -0.395 e. The van der Waals surface area contributed by atoms with Crippen molar-refractivity contribution < 1.29 is 9.90 Å². The average molecular weight is 378 g/mol. The molecule has 0 spiro atoms. The Labute approximate surface area is 165 Å². The number of benzene rings is 2. The summed E-state index contributed by atoms with van der Waals surface area (Å²) >= 11 is 0. The summed E-state index contributed by atoms with van der Waals surface area (Å²) in [4.78, 5) is 21.7. The zero-order valence-corrected chi connectivity index (χ0v) is 16.4. The van der Waals surface area contributed by atoms with E-state index < -0.39 is 0 Å². The minimum atomic E-state index is 0.0462. The Morgan fingerprint density at radius 3 is 2.64 bits per heavy atom. The number of amides is 1. The number of hydrogen-bond acceptors (Lipinski definition) is 4. The molecule has 0 unspecified atom stereocenters. The van der Waals surface area contributed by atoms with Gasteiger partial charge in [-0.15, -0.1) is 0 Å². The lowest BCUT2D eigenvalue weighted by molar-refractivity contribution is 0.0737. The zero-order chi connectivity index (χ0) is 19.7. The van der Waals surface area contributed by atoms with Gasteiger partial charge in [0.05, 0.1) is 17.6 Å². The third-order valence-electron chi connectivity index (χ3n) is 5.60. The van der Waals surface area contributed by atoms with E-state index in [-0.39, 0.29) is 18.6 Å². The third-order valence-corrected chi connectivity index (χ3v) is 5.60. The van der Waals surface area contributed by atoms with Crippen LogP contribution in [0.15, 0.2) is 48.5 Å². The molecule has 1 aromatic heterocycles. The maximum atomic E-state index is 12.8. The molecular formula is C22H26N4O2. The summed E-state index contributed by atoms with van der Waals surface area (Å²) in [6, 6.07) is 15.8. The van der Waals surface area contributed by atoms with Crippen molar-refractivity contribution in [3.05, 3.63) is 54.1 Å². The van der Waals surface area contributed by atoms with Gasteiger partial charge in [0.25, 0.3) is 5.91 Å². The lowest BCUT2D eigenvalue weighted by Gasteiger charge is -2.24. The summed E-state index contributed by atoms with van der Waals surface area (Å²) < 4.78 is 2.02. The van der Waals surface area contributed by atoms with Gasteiger partial charge in [-0.3, -0.25) is 4.79 Å². The molecular weight excluding hydrogens is 352 g/mol. The highest BCUT2D eigenvalue weighted by molar-refractivity contribution is 5.94. The van der Waals surface area contributed by atoms with Gasteiger partial charge in [0.2, 0.25) is 0 Å². The van der Waals surface area contributed by atoms with Crippen molar-refractivity contribution in [1.82, 2.24) is 19.4 Å². The van der Waals surface area contributed by atoms with Crippen molar-refractivity contribution in [1.29, 1.82) is 0 Å². The number of para-hydroxylation sites is 2. The number of likely N-dealkylation sites (tertiary alicyclic amines) is 1. The fourth-order valence-electron chi connectivity index (χ4n) is 3.98. The molecule has 1 saturated heterocycles. The molecule has 0 radical (unpaired) electrons. The van der Waals surface area contributed by atoms with Crippen molar-refractivity contribution in [2.75, 3.05) is 33.8 Å². The van der Waals surface area contributed by atoms with E-state index in [1.54, 1.807) is 0 Å². The predicted octanol–water partition coefficient (Wildman–Crippen LogP) is 2.47. The molecule has 146 valence electrons. The summed E-state index contributed by atoms with van der Waals surface area (Å²) in [6.45, 7) is 2.48. The van der Waals surface area contributed by atoms with Crippen LogP contribution in [0.2, 0.25) is 0 Å². The van der Waals surface area contributed by atoms with Crippen molar-refractivity contribution >= 4 is 16.9 Å². The molecule has 1 fully saturated rings. The highest BCUT2D eigenvalue weighted by Crippen LogP contribution is 2.25. The summed E-state index contributed by atoms with van der Waals surface area (Å²) in [5.74, 6) is 0.857. The van der Waals surface area contributed by atoms with Crippen LogP contribution >= 0.6 is 0 Å². The van der Waals surface area contributed by atoms with Gasteiger partial charge in [-0.1, -0.05) is 24.3 Å². The van der Waals surface area contributed by atoms with Crippen LogP contribution in [-0.2, 0) is 6.54 Å². The monoisotopic (exact) mass is 378 g/mol. The van der Waals surface area contributed by atoms with Crippen LogP contribution < -0.4 is 0 Å². The summed E-state index contributed by atoms with van der Waals surface area (Å²) in [5, 5.41) is 9.47. The van der Waals surface area contributed by atoms with E-state index in [9.17, 15) is 9.90 Å². The highest BCUT2D eigenvalue weighted by Gasteiger charge is 2.27. The molecule has 1 aliphatic heterocycles. The van der Waals surface area contributed by atoms with Crippen molar-refractivity contribution in [2.45, 2.75) is 19.0 Å². The molecule has 2 heterocycles. The van der Waals surface area contributed by atoms with Gasteiger partial charge < -0.3 is 19.5 Å². The lowest BCUT2D eigenvalue weighted by Crippen LogP contribution is -2.38. The normalized spacial score (nSPS) is 17.3. The standard InChI is InChI=1S/C22H26N4O2/c1-24-12-11-18(15-24)25(2)22(28)17-9-7-16(8-10-17)21-23-19-5-3-4-6-20(19)26(21)13-14-27/h3-10,18,27H,11-15H2,1-2H3/t18-/m0/s1. The first-order valence-corrected chi connectivity index (χ1v) is 9.70. The summed E-state index contributed by atoms with van der Waals surface area (Å²) in [6.07, 6.45) is 1.02. The summed E-state index contributed by atoms with van der Waals surface area (Å²) in [7, 11) is 3.98. The zero-order valence-electron chi connectivity index (χ0n) is 16.4. The molecule has 28 heavy (non-hydrogen) atoms. The SMILES string of the molecule is CN1CC[C@H](N(C)C(=O)c2ccc(-c3nc4ccccc4n3CCO)cc2)C1. The van der Waals surface area contributed by atoms with Crippen LogP contribution in [0, 0.1) is 0 Å². The van der Waals surface area contributed by atoms with Gasteiger partial charge in [0.1, 0.15) is 5.82 Å². The third kappa shape index (κ3) is 3.41. The number of hydrogen-bond donors (Lipinski definition) is 1. The van der Waals surface area contributed by atoms with Crippen molar-refractivity contribution in [3.63, 3.8) is 0 Å². The van der Waals surface area contributed by atoms with E-state index in [0.29, 0.717) is 12.1 Å². The first kappa shape index (κ1) is 18.7. The van der Waals surface area contributed by atoms with E-state index in [2.05, 4.69) is 11.9 Å². The number of fused-ring (bicyclic) bond motifs is 1. The second-order valence-electron chi connectivity index (χ2n) is 7.50. The molecule has 3 aromatic rings. The van der Waals surface area contributed by atoms with Crippen LogP contribution in [0.1, 0.15) is 16.8 Å². The van der Waals surface area contributed by atoms with Crippen LogP contribution in [0.3, 0.4) is 0 Å². The van der Waals surface area contributed by atoms with Crippen LogP contribution in [0.25, 0.3) is 22.4 Å². The molecule has 6 nitrogen and oxygen atoms in total. The van der Waals surface area contributed by atoms with Crippen molar-refractivity contribution in [3.8, 4) is 11.4 Å². The van der Waals surface area contributed by atoms with Crippen LogP contribution in [-0.4, -0.2) is 70.2 Å². The highest BCUT2D eigenvalue weighted by atomic mass is 16.3. The van der Waals surface area contributed by atoms with Gasteiger partial charge in [-0.2, -0.15) is 0 Å². The van der Waals surface area contributed by atoms with Gasteiger partial charge in [-0.05, 0) is 44.3 Å². The fraction of sp³-hybridized carbons (Fsp3) is 0.364. The van der Waals surface area contributed by atoms with Gasteiger partial charge in [0.15, 0.2) is 0 Å². The van der Waals surface area contributed by atoms with Gasteiger partial charge >= 0.3 is 0 Å². The molecule has 1 aliphatic rings. The van der Waals surface area contributed by atoms with E-state index in [4.69, 9.17) is 4.98 Å². The number of likely N-dealkylation sites (N-methyl/N-ethyl adjacent to an activating group) is 2. The first-order valence-electron chi connectivity index (χ1n) is 9.70. The average Bonchev–Trinajstić information content (AvgIpc) is 3.31. The smallest absolute Gasteiger partial charge is 0.253 e. The predicted molar refractivity (Wildman–Crippen MR) is 110 cm³/mol. The van der Waals surface area contributed by atoms with Crippen LogP contribution in [0.4, 0.5) is 0 Å². The van der Waals surface area contributed by atoms with Gasteiger partial charge in [0, 0.05) is 37.3 Å². The second kappa shape index (κ2) is 7.73. The Hall–Kier alpha value is -2.70. The van der Waals surface area contributed by atoms with E-state index in [1.165, 1.54) is 0 Å². The Balaban J connectivity index is 1.61. The Morgan fingerprint density at radius 1 is 1.21 bits per heavy atom. The fourth-order valence-corrected chi connectivity index (χ4v) is 3.98. The number of imidazole rings is 1. The number of carbonyl (C=O) groups is 1. The topological polar surface area (TPSA) is 61.6 Å². The van der Waals surface area contributed by atoms with E-state index >= 15 is 0 Å². The largest absolute Gasteiger partial charge is 0.395 e. The lowest BCUT2D eigenvalue weighted by atomic mass is 10.1. The second-order valence-corrected chi connectivity index (χ2v) is 7.50. The Kier molecular flexibility index (Phi) is 5.15. The molecule has 1 amide bonds. The maximum Gasteiger partial charge on any atom is 0.253 e. The van der Waals surface area contributed by atoms with Crippen LogP contribution in [0.5, 0.6) is 0 Å². The molecule has 2 aromatic carbocycles. The first-order chi connectivity index (χ1) is 13.6. The quantitative estimate of drug-likeness (QED) is 0.741. The molecule has 0 saturated carbocycles.